The molecule has 1 fully saturated rings. The Kier molecular flexibility index (Phi) is 5.01. The van der Waals surface area contributed by atoms with Gasteiger partial charge in [0.25, 0.3) is 5.91 Å². The van der Waals surface area contributed by atoms with Crippen molar-refractivity contribution in [2.24, 2.45) is 0 Å². The van der Waals surface area contributed by atoms with Crippen molar-refractivity contribution in [3.05, 3.63) is 71.5 Å². The first kappa shape index (κ1) is 17.5. The average Bonchev–Trinajstić information content (AvgIpc) is 3.36. The Labute approximate surface area is 159 Å². The number of pyridine rings is 1. The molecule has 0 saturated heterocycles. The highest BCUT2D eigenvalue weighted by Gasteiger charge is 2.22. The van der Waals surface area contributed by atoms with Crippen LogP contribution in [0, 0.1) is 6.92 Å². The largest absolute Gasteiger partial charge is 0.346 e. The van der Waals surface area contributed by atoms with Gasteiger partial charge in [0.1, 0.15) is 0 Å². The molecule has 27 heavy (non-hydrogen) atoms. The summed E-state index contributed by atoms with van der Waals surface area (Å²) < 4.78 is 2.11. The number of rotatable bonds is 5. The topological polar surface area (TPSA) is 59.8 Å². The molecule has 2 aromatic heterocycles. The Balaban J connectivity index is 1.55. The van der Waals surface area contributed by atoms with Gasteiger partial charge in [-0.2, -0.15) is 5.10 Å². The maximum atomic E-state index is 12.4. The molecule has 0 spiro atoms. The van der Waals surface area contributed by atoms with E-state index in [1.165, 1.54) is 12.8 Å². The molecule has 1 N–H and O–H groups in total. The molecule has 1 saturated carbocycles. The van der Waals surface area contributed by atoms with Crippen LogP contribution in [0.15, 0.2) is 54.7 Å². The van der Waals surface area contributed by atoms with Crippen molar-refractivity contribution < 1.29 is 4.79 Å². The first-order valence-electron chi connectivity index (χ1n) is 9.55. The number of benzene rings is 1. The van der Waals surface area contributed by atoms with Crippen LogP contribution in [0.4, 0.5) is 0 Å². The van der Waals surface area contributed by atoms with Crippen LogP contribution in [0.2, 0.25) is 0 Å². The Bertz CT molecular complexity index is 926. The van der Waals surface area contributed by atoms with Crippen LogP contribution in [-0.2, 0) is 6.54 Å². The fraction of sp³-hybridized carbons (Fsp3) is 0.318. The highest BCUT2D eigenvalue weighted by molar-refractivity contribution is 5.94. The van der Waals surface area contributed by atoms with Crippen LogP contribution in [-0.4, -0.2) is 20.7 Å². The van der Waals surface area contributed by atoms with Crippen molar-refractivity contribution >= 4 is 5.91 Å². The van der Waals surface area contributed by atoms with Gasteiger partial charge in [-0.05, 0) is 50.1 Å². The lowest BCUT2D eigenvalue weighted by molar-refractivity contribution is 0.0950. The zero-order valence-corrected chi connectivity index (χ0v) is 15.6. The van der Waals surface area contributed by atoms with Gasteiger partial charge in [0.05, 0.1) is 29.7 Å². The molecule has 4 rings (SSSR count). The van der Waals surface area contributed by atoms with Gasteiger partial charge in [0.15, 0.2) is 0 Å². The van der Waals surface area contributed by atoms with E-state index in [0.717, 1.165) is 35.5 Å². The Morgan fingerprint density at radius 1 is 1.15 bits per heavy atom. The molecule has 1 aliphatic carbocycles. The van der Waals surface area contributed by atoms with E-state index in [-0.39, 0.29) is 5.91 Å². The van der Waals surface area contributed by atoms with Gasteiger partial charge in [0.2, 0.25) is 0 Å². The van der Waals surface area contributed by atoms with E-state index in [9.17, 15) is 4.79 Å². The van der Waals surface area contributed by atoms with E-state index >= 15 is 0 Å². The molecule has 5 heteroatoms. The molecule has 0 atom stereocenters. The Hall–Kier alpha value is -2.95. The molecule has 3 aromatic rings. The van der Waals surface area contributed by atoms with Crippen molar-refractivity contribution in [1.82, 2.24) is 20.1 Å². The summed E-state index contributed by atoms with van der Waals surface area (Å²) in [4.78, 5) is 16.9. The fourth-order valence-corrected chi connectivity index (χ4v) is 3.72. The third-order valence-corrected chi connectivity index (χ3v) is 5.09. The molecule has 5 nitrogen and oxygen atoms in total. The SMILES string of the molecule is Cc1cccc(C(=O)NCc2cc(-c3ccccn3)n(C3CCCC3)n2)c1. The predicted molar refractivity (Wildman–Crippen MR) is 105 cm³/mol. The minimum absolute atomic E-state index is 0.0755. The number of hydrogen-bond donors (Lipinski definition) is 1. The van der Waals surface area contributed by atoms with Crippen molar-refractivity contribution in [3.8, 4) is 11.4 Å². The normalized spacial score (nSPS) is 14.4. The second-order valence-electron chi connectivity index (χ2n) is 7.17. The summed E-state index contributed by atoms with van der Waals surface area (Å²) in [5.74, 6) is -0.0755. The van der Waals surface area contributed by atoms with Crippen molar-refractivity contribution in [2.75, 3.05) is 0 Å². The number of amides is 1. The van der Waals surface area contributed by atoms with Crippen LogP contribution in [0.5, 0.6) is 0 Å². The number of aryl methyl sites for hydroxylation is 1. The van der Waals surface area contributed by atoms with E-state index in [2.05, 4.69) is 21.0 Å². The zero-order valence-electron chi connectivity index (χ0n) is 15.6. The summed E-state index contributed by atoms with van der Waals surface area (Å²) in [6.45, 7) is 2.39. The summed E-state index contributed by atoms with van der Waals surface area (Å²) >= 11 is 0. The van der Waals surface area contributed by atoms with Gasteiger partial charge in [0, 0.05) is 11.8 Å². The molecule has 0 aliphatic heterocycles. The number of nitrogens with zero attached hydrogens (tertiary/aromatic N) is 3. The summed E-state index contributed by atoms with van der Waals surface area (Å²) in [7, 11) is 0. The number of aromatic nitrogens is 3. The van der Waals surface area contributed by atoms with Gasteiger partial charge in [-0.25, -0.2) is 0 Å². The second-order valence-corrected chi connectivity index (χ2v) is 7.17. The monoisotopic (exact) mass is 360 g/mol. The molecule has 0 radical (unpaired) electrons. The van der Waals surface area contributed by atoms with Crippen molar-refractivity contribution in [2.45, 2.75) is 45.2 Å². The smallest absolute Gasteiger partial charge is 0.251 e. The lowest BCUT2D eigenvalue weighted by atomic mass is 10.1. The highest BCUT2D eigenvalue weighted by atomic mass is 16.1. The average molecular weight is 360 g/mol. The third-order valence-electron chi connectivity index (χ3n) is 5.09. The number of hydrogen-bond acceptors (Lipinski definition) is 3. The molecular weight excluding hydrogens is 336 g/mol. The molecule has 1 aliphatic rings. The fourth-order valence-electron chi connectivity index (χ4n) is 3.72. The quantitative estimate of drug-likeness (QED) is 0.738. The Morgan fingerprint density at radius 3 is 2.74 bits per heavy atom. The number of nitrogens with one attached hydrogen (secondary N) is 1. The predicted octanol–water partition coefficient (Wildman–Crippen LogP) is 4.30. The maximum absolute atomic E-state index is 12.4. The van der Waals surface area contributed by atoms with E-state index in [1.54, 1.807) is 6.20 Å². The summed E-state index contributed by atoms with van der Waals surface area (Å²) in [5.41, 5.74) is 4.57. The minimum atomic E-state index is -0.0755. The van der Waals surface area contributed by atoms with Gasteiger partial charge in [-0.1, -0.05) is 36.6 Å². The summed E-state index contributed by atoms with van der Waals surface area (Å²) in [6, 6.07) is 16.0. The van der Waals surface area contributed by atoms with Gasteiger partial charge < -0.3 is 5.32 Å². The Morgan fingerprint density at radius 2 is 2.00 bits per heavy atom. The van der Waals surface area contributed by atoms with Crippen LogP contribution < -0.4 is 5.32 Å². The lowest BCUT2D eigenvalue weighted by Gasteiger charge is -2.13. The zero-order chi connectivity index (χ0) is 18.6. The second kappa shape index (κ2) is 7.74. The van der Waals surface area contributed by atoms with Crippen LogP contribution in [0.25, 0.3) is 11.4 Å². The van der Waals surface area contributed by atoms with Crippen molar-refractivity contribution in [3.63, 3.8) is 0 Å². The van der Waals surface area contributed by atoms with E-state index in [4.69, 9.17) is 5.10 Å². The molecular formula is C22H24N4O. The molecule has 0 bridgehead atoms. The highest BCUT2D eigenvalue weighted by Crippen LogP contribution is 2.33. The lowest BCUT2D eigenvalue weighted by Crippen LogP contribution is -2.23. The van der Waals surface area contributed by atoms with E-state index in [1.807, 2.05) is 49.4 Å². The van der Waals surface area contributed by atoms with E-state index in [0.29, 0.717) is 18.2 Å². The minimum Gasteiger partial charge on any atom is -0.346 e. The third kappa shape index (κ3) is 3.92. The van der Waals surface area contributed by atoms with E-state index < -0.39 is 0 Å². The molecule has 138 valence electrons. The molecule has 1 amide bonds. The van der Waals surface area contributed by atoms with Crippen LogP contribution in [0.3, 0.4) is 0 Å². The van der Waals surface area contributed by atoms with Gasteiger partial charge in [-0.15, -0.1) is 0 Å². The first-order chi connectivity index (χ1) is 13.2. The number of carbonyl (C=O) groups is 1. The van der Waals surface area contributed by atoms with Crippen LogP contribution >= 0.6 is 0 Å². The van der Waals surface area contributed by atoms with Crippen molar-refractivity contribution in [1.29, 1.82) is 0 Å². The van der Waals surface area contributed by atoms with Gasteiger partial charge >= 0.3 is 0 Å². The summed E-state index contributed by atoms with van der Waals surface area (Å²) in [5, 5.41) is 7.80. The number of carbonyl (C=O) groups excluding carboxylic acids is 1. The summed E-state index contributed by atoms with van der Waals surface area (Å²) in [6.07, 6.45) is 6.59. The van der Waals surface area contributed by atoms with Gasteiger partial charge in [-0.3, -0.25) is 14.5 Å². The molecule has 2 heterocycles. The molecule has 1 aromatic carbocycles. The first-order valence-corrected chi connectivity index (χ1v) is 9.55. The van der Waals surface area contributed by atoms with Crippen LogP contribution in [0.1, 0.15) is 53.3 Å². The standard InChI is InChI=1S/C22H24N4O/c1-16-7-6-8-17(13-16)22(27)24-15-18-14-21(20-11-4-5-12-23-20)26(25-18)19-9-2-3-10-19/h4-8,11-14,19H,2-3,9-10,15H2,1H3,(H,24,27). The maximum Gasteiger partial charge on any atom is 0.251 e. The molecule has 0 unspecified atom stereocenters.